The van der Waals surface area contributed by atoms with Crippen molar-refractivity contribution < 1.29 is 9.84 Å². The molecule has 1 atom stereocenters. The minimum absolute atomic E-state index is 0.186. The molecular formula is C13H16N6O2S. The molecule has 116 valence electrons. The van der Waals surface area contributed by atoms with Crippen LogP contribution < -0.4 is 5.73 Å². The first-order valence-electron chi connectivity index (χ1n) is 6.86. The summed E-state index contributed by atoms with van der Waals surface area (Å²) in [5.74, 6) is 0.240. The lowest BCUT2D eigenvalue weighted by molar-refractivity contribution is -0.00535. The average molecular weight is 320 g/mol. The molecule has 0 amide bonds. The quantitative estimate of drug-likeness (QED) is 0.687. The van der Waals surface area contributed by atoms with Gasteiger partial charge in [0, 0.05) is 6.61 Å². The van der Waals surface area contributed by atoms with Gasteiger partial charge in [-0.3, -0.25) is 0 Å². The zero-order valence-electron chi connectivity index (χ0n) is 11.8. The molecular weight excluding hydrogens is 304 g/mol. The highest BCUT2D eigenvalue weighted by Crippen LogP contribution is 2.22. The number of rotatable bonds is 1. The summed E-state index contributed by atoms with van der Waals surface area (Å²) in [7, 11) is 0. The van der Waals surface area contributed by atoms with Crippen LogP contribution in [0.1, 0.15) is 12.8 Å². The molecule has 0 spiro atoms. The van der Waals surface area contributed by atoms with E-state index in [4.69, 9.17) is 15.6 Å². The average Bonchev–Trinajstić information content (AvgIpc) is 3.17. The lowest BCUT2D eigenvalue weighted by atomic mass is 10.2. The van der Waals surface area contributed by atoms with Crippen molar-refractivity contribution in [3.05, 3.63) is 23.8 Å². The highest BCUT2D eigenvalue weighted by atomic mass is 32.1. The summed E-state index contributed by atoms with van der Waals surface area (Å²) in [6.45, 7) is 1.37. The van der Waals surface area contributed by atoms with E-state index < -0.39 is 0 Å². The number of anilines is 1. The maximum atomic E-state index is 8.78. The van der Waals surface area contributed by atoms with E-state index in [1.54, 1.807) is 16.2 Å². The molecule has 0 aliphatic carbocycles. The summed E-state index contributed by atoms with van der Waals surface area (Å²) >= 11 is 1.46. The number of nitrogens with two attached hydrogens (primary N) is 1. The summed E-state index contributed by atoms with van der Waals surface area (Å²) < 4.78 is 6.64. The Bertz CT molecular complexity index is 723. The highest BCUT2D eigenvalue weighted by molar-refractivity contribution is 7.12. The SMILES string of the molecule is Nc1ncc2ccc(-c3nncs3)n2n1.OC1CCCOC1. The van der Waals surface area contributed by atoms with Gasteiger partial charge in [0.25, 0.3) is 0 Å². The molecule has 1 fully saturated rings. The summed E-state index contributed by atoms with van der Waals surface area (Å²) in [4.78, 5) is 3.92. The Hall–Kier alpha value is -2.10. The number of aliphatic hydroxyl groups excluding tert-OH is 1. The highest BCUT2D eigenvalue weighted by Gasteiger charge is 2.09. The van der Waals surface area contributed by atoms with E-state index >= 15 is 0 Å². The summed E-state index contributed by atoms with van der Waals surface area (Å²) in [5.41, 5.74) is 8.97. The normalized spacial score (nSPS) is 18.0. The van der Waals surface area contributed by atoms with E-state index in [9.17, 15) is 0 Å². The minimum Gasteiger partial charge on any atom is -0.391 e. The molecule has 1 aliphatic heterocycles. The Balaban J connectivity index is 0.000000174. The van der Waals surface area contributed by atoms with Crippen molar-refractivity contribution in [3.63, 3.8) is 0 Å². The van der Waals surface area contributed by atoms with Gasteiger partial charge in [0.2, 0.25) is 5.95 Å². The Morgan fingerprint density at radius 1 is 1.41 bits per heavy atom. The van der Waals surface area contributed by atoms with E-state index in [1.165, 1.54) is 11.3 Å². The number of aromatic nitrogens is 5. The third-order valence-electron chi connectivity index (χ3n) is 3.13. The van der Waals surface area contributed by atoms with Gasteiger partial charge >= 0.3 is 0 Å². The second-order valence-electron chi connectivity index (χ2n) is 4.79. The van der Waals surface area contributed by atoms with Crippen LogP contribution in [0.3, 0.4) is 0 Å². The second kappa shape index (κ2) is 6.77. The minimum atomic E-state index is -0.186. The molecule has 3 aromatic rings. The van der Waals surface area contributed by atoms with Crippen LogP contribution >= 0.6 is 11.3 Å². The van der Waals surface area contributed by atoms with Gasteiger partial charge in [-0.2, -0.15) is 0 Å². The van der Waals surface area contributed by atoms with Gasteiger partial charge in [-0.05, 0) is 25.0 Å². The predicted molar refractivity (Wildman–Crippen MR) is 82.4 cm³/mol. The first kappa shape index (κ1) is 14.8. The van der Waals surface area contributed by atoms with Crippen LogP contribution in [0.4, 0.5) is 5.95 Å². The van der Waals surface area contributed by atoms with Crippen LogP contribution in [0.5, 0.6) is 0 Å². The lowest BCUT2D eigenvalue weighted by Crippen LogP contribution is -2.21. The van der Waals surface area contributed by atoms with Crippen LogP contribution in [-0.2, 0) is 4.74 Å². The zero-order chi connectivity index (χ0) is 15.4. The maximum absolute atomic E-state index is 8.78. The molecule has 0 radical (unpaired) electrons. The molecule has 0 bridgehead atoms. The van der Waals surface area contributed by atoms with E-state index in [-0.39, 0.29) is 12.1 Å². The Morgan fingerprint density at radius 3 is 2.95 bits per heavy atom. The van der Waals surface area contributed by atoms with Crippen molar-refractivity contribution in [2.24, 2.45) is 0 Å². The fraction of sp³-hybridized carbons (Fsp3) is 0.385. The number of hydrogen-bond acceptors (Lipinski definition) is 8. The Morgan fingerprint density at radius 2 is 2.32 bits per heavy atom. The molecule has 4 rings (SSSR count). The van der Waals surface area contributed by atoms with E-state index in [0.29, 0.717) is 6.61 Å². The van der Waals surface area contributed by atoms with Crippen molar-refractivity contribution in [2.75, 3.05) is 18.9 Å². The number of nitrogens with zero attached hydrogens (tertiary/aromatic N) is 5. The van der Waals surface area contributed by atoms with Crippen molar-refractivity contribution in [3.8, 4) is 10.7 Å². The predicted octanol–water partition coefficient (Wildman–Crippen LogP) is 0.988. The fourth-order valence-electron chi connectivity index (χ4n) is 2.08. The zero-order valence-corrected chi connectivity index (χ0v) is 12.6. The largest absolute Gasteiger partial charge is 0.391 e. The molecule has 22 heavy (non-hydrogen) atoms. The lowest BCUT2D eigenvalue weighted by Gasteiger charge is -2.15. The molecule has 3 aromatic heterocycles. The van der Waals surface area contributed by atoms with Gasteiger partial charge in [0.1, 0.15) is 11.2 Å². The van der Waals surface area contributed by atoms with Crippen molar-refractivity contribution in [1.82, 2.24) is 24.8 Å². The van der Waals surface area contributed by atoms with Gasteiger partial charge in [0.15, 0.2) is 5.01 Å². The van der Waals surface area contributed by atoms with Crippen LogP contribution in [0.25, 0.3) is 16.2 Å². The summed E-state index contributed by atoms with van der Waals surface area (Å²) in [6, 6.07) is 3.83. The molecule has 3 N–H and O–H groups in total. The standard InChI is InChI=1S/C8H6N6S.C5H10O2/c9-8-10-3-5-1-2-6(14(5)13-8)7-12-11-4-15-7;6-5-2-1-3-7-4-5/h1-4H,(H2,9,13);5-6H,1-4H2. The number of fused-ring (bicyclic) bond motifs is 1. The maximum Gasteiger partial charge on any atom is 0.238 e. The molecule has 0 aromatic carbocycles. The smallest absolute Gasteiger partial charge is 0.238 e. The number of aliphatic hydroxyl groups is 1. The molecule has 8 nitrogen and oxygen atoms in total. The number of nitrogen functional groups attached to an aromatic ring is 1. The molecule has 1 unspecified atom stereocenters. The topological polar surface area (TPSA) is 111 Å². The summed E-state index contributed by atoms with van der Waals surface area (Å²) in [5, 5.41) is 21.5. The summed E-state index contributed by atoms with van der Waals surface area (Å²) in [6.07, 6.45) is 3.42. The fourth-order valence-corrected chi connectivity index (χ4v) is 2.65. The van der Waals surface area contributed by atoms with Crippen LogP contribution in [0.15, 0.2) is 23.8 Å². The second-order valence-corrected chi connectivity index (χ2v) is 5.62. The molecule has 4 heterocycles. The van der Waals surface area contributed by atoms with Gasteiger partial charge < -0.3 is 15.6 Å². The molecule has 9 heteroatoms. The van der Waals surface area contributed by atoms with Crippen LogP contribution in [0.2, 0.25) is 0 Å². The van der Waals surface area contributed by atoms with E-state index in [2.05, 4.69) is 20.3 Å². The molecule has 0 saturated carbocycles. The first-order chi connectivity index (χ1) is 10.7. The third kappa shape index (κ3) is 3.38. The van der Waals surface area contributed by atoms with Crippen molar-refractivity contribution in [2.45, 2.75) is 18.9 Å². The number of hydrogen-bond donors (Lipinski definition) is 2. The van der Waals surface area contributed by atoms with Gasteiger partial charge in [-0.1, -0.05) is 11.3 Å². The Labute approximate surface area is 130 Å². The van der Waals surface area contributed by atoms with E-state index in [1.807, 2.05) is 12.1 Å². The van der Waals surface area contributed by atoms with Gasteiger partial charge in [0.05, 0.1) is 24.4 Å². The molecule has 1 aliphatic rings. The van der Waals surface area contributed by atoms with Gasteiger partial charge in [-0.25, -0.2) is 9.50 Å². The van der Waals surface area contributed by atoms with Crippen LogP contribution in [-0.4, -0.2) is 49.2 Å². The first-order valence-corrected chi connectivity index (χ1v) is 7.74. The number of ether oxygens (including phenoxy) is 1. The Kier molecular flexibility index (Phi) is 4.56. The van der Waals surface area contributed by atoms with E-state index in [0.717, 1.165) is 35.7 Å². The van der Waals surface area contributed by atoms with Crippen LogP contribution in [0, 0.1) is 0 Å². The molecule has 1 saturated heterocycles. The van der Waals surface area contributed by atoms with Crippen molar-refractivity contribution >= 4 is 22.8 Å². The third-order valence-corrected chi connectivity index (χ3v) is 3.85. The monoisotopic (exact) mass is 320 g/mol. The van der Waals surface area contributed by atoms with Gasteiger partial charge in [-0.15, -0.1) is 15.3 Å². The van der Waals surface area contributed by atoms with Crippen molar-refractivity contribution in [1.29, 1.82) is 0 Å².